The predicted octanol–water partition coefficient (Wildman–Crippen LogP) is -17.3. The fraction of sp³-hybridized carbons (Fsp3) is 0. The van der Waals surface area contributed by atoms with Crippen molar-refractivity contribution in [2.45, 2.75) is 0 Å². The van der Waals surface area contributed by atoms with Crippen LogP contribution in [0.2, 0.25) is 0 Å². The number of amides is 1. The molecule has 24 heavy (non-hydrogen) atoms. The third-order valence-corrected chi connectivity index (χ3v) is 0.201. The van der Waals surface area contributed by atoms with Gasteiger partial charge in [-0.05, 0) is 6.08 Å². The van der Waals surface area contributed by atoms with E-state index in [1.54, 1.807) is 0 Å². The molecule has 1 amide bonds. The molecule has 124 valence electrons. The summed E-state index contributed by atoms with van der Waals surface area (Å²) in [4.78, 5) is 112. The predicted molar refractivity (Wildman–Crippen MR) is 59.7 cm³/mol. The molecule has 0 aliphatic rings. The summed E-state index contributed by atoms with van der Waals surface area (Å²) in [6.45, 7) is 3.09. The average molecular weight is 455 g/mol. The molecule has 0 saturated carbocycles. The summed E-state index contributed by atoms with van der Waals surface area (Å²) in [7, 11) is -16.8. The monoisotopic (exact) mass is 455 g/mol. The van der Waals surface area contributed by atoms with Gasteiger partial charge in [-0.3, -0.25) is 4.79 Å². The van der Waals surface area contributed by atoms with E-state index in [1.165, 1.54) is 0 Å². The van der Waals surface area contributed by atoms with E-state index in [0.717, 1.165) is 6.08 Å². The van der Waals surface area contributed by atoms with Crippen molar-refractivity contribution < 1.29 is 62.3 Å². The van der Waals surface area contributed by atoms with Crippen molar-refractivity contribution in [3.05, 3.63) is 12.7 Å². The number of primary amides is 1. The Morgan fingerprint density at radius 2 is 0.667 bits per heavy atom. The smallest absolute Gasteiger partial charge is 0.894 e. The van der Waals surface area contributed by atoms with E-state index in [9.17, 15) is 4.79 Å². The molecule has 2 N–H and O–H groups in total. The number of hydrogen-bond donors (Lipinski definition) is 1. The molecule has 0 aliphatic carbocycles. The summed E-state index contributed by atoms with van der Waals surface area (Å²) in [5, 5.41) is 0. The van der Waals surface area contributed by atoms with Gasteiger partial charge in [0.15, 0.2) is 0 Å². The minimum Gasteiger partial charge on any atom is -0.894 e. The van der Waals surface area contributed by atoms with Crippen LogP contribution < -0.4 is 63.3 Å². The maximum absolute atomic E-state index is 9.47. The van der Waals surface area contributed by atoms with Gasteiger partial charge in [-0.2, -0.15) is 0 Å². The summed E-state index contributed by atoms with van der Waals surface area (Å²) in [5.74, 6) is -0.481. The van der Waals surface area contributed by atoms with Crippen LogP contribution in [0.25, 0.3) is 0 Å². The van der Waals surface area contributed by atoms with Crippen LogP contribution in [0.5, 0.6) is 0 Å². The van der Waals surface area contributed by atoms with Gasteiger partial charge < -0.3 is 90.4 Å². The Hall–Kier alpha value is 1.51. The van der Waals surface area contributed by atoms with Crippen molar-refractivity contribution in [3.63, 3.8) is 0 Å². The Balaban J connectivity index is -0.0000000225. The van der Waals surface area contributed by atoms with Crippen molar-refractivity contribution in [2.24, 2.45) is 5.73 Å². The van der Waals surface area contributed by atoms with Crippen molar-refractivity contribution in [1.82, 2.24) is 0 Å². The first-order valence-electron chi connectivity index (χ1n) is 3.64. The number of hydrogen-bond acceptors (Lipinski definition) is 13. The Kier molecular flexibility index (Phi) is 51.0. The maximum Gasteiger partial charge on any atom is 3.00 e. The molecule has 0 rings (SSSR count). The normalized spacial score (nSPS) is 8.83. The molecule has 0 aromatic heterocycles. The first-order chi connectivity index (χ1) is 8.27. The van der Waals surface area contributed by atoms with Gasteiger partial charge in [0.05, 0.1) is 0 Å². The zero-order valence-corrected chi connectivity index (χ0v) is 19.1. The number of rotatable bonds is 1. The third kappa shape index (κ3) is 967. The summed E-state index contributed by atoms with van der Waals surface area (Å²) in [5.41, 5.74) is 4.53. The number of carbonyl (C=O) groups excluding carboxylic acids is 1. The molecule has 0 atom stereocenters. The van der Waals surface area contributed by atoms with E-state index in [2.05, 4.69) is 12.3 Å². The van der Waals surface area contributed by atoms with Crippen LogP contribution in [0.3, 0.4) is 0 Å². The fourth-order valence-electron chi connectivity index (χ4n) is 0. The van der Waals surface area contributed by atoms with Crippen LogP contribution in [-0.2, 0) is 4.79 Å². The zero-order valence-electron chi connectivity index (χ0n) is 11.5. The van der Waals surface area contributed by atoms with Crippen LogP contribution in [0.4, 0.5) is 0 Å². The van der Waals surface area contributed by atoms with E-state index in [0.29, 0.717) is 0 Å². The van der Waals surface area contributed by atoms with Crippen molar-refractivity contribution in [1.29, 1.82) is 0 Å². The van der Waals surface area contributed by atoms with Gasteiger partial charge in [-0.25, -0.2) is 0 Å². The zero-order chi connectivity index (χ0) is 17.8. The molecule has 0 aromatic carbocycles. The van der Waals surface area contributed by atoms with Crippen LogP contribution in [0, 0.1) is 0 Å². The Labute approximate surface area is 182 Å². The van der Waals surface area contributed by atoms with Crippen molar-refractivity contribution in [3.8, 4) is 0 Å². The molecular weight excluding hydrogens is 450 g/mol. The molecule has 0 bridgehead atoms. The van der Waals surface area contributed by atoms with Gasteiger partial charge in [0.25, 0.3) is 0 Å². The second-order valence-corrected chi connectivity index (χ2v) is 5.11. The van der Waals surface area contributed by atoms with E-state index in [1.807, 2.05) is 0 Å². The molecule has 0 spiro atoms. The summed E-state index contributed by atoms with van der Waals surface area (Å²) >= 11 is 0. The maximum atomic E-state index is 9.47. The first kappa shape index (κ1) is 50.0. The minimum absolute atomic E-state index is 0. The second-order valence-electron chi connectivity index (χ2n) is 2.11. The number of nitrogens with two attached hydrogens (primary N) is 1. The molecule has 0 radical (unpaired) electrons. The minimum atomic E-state index is -5.61. The molecule has 0 fully saturated rings. The quantitative estimate of drug-likeness (QED) is 0.284. The summed E-state index contributed by atoms with van der Waals surface area (Å²) in [6, 6.07) is 0. The van der Waals surface area contributed by atoms with Crippen LogP contribution >= 0.6 is 0 Å². The van der Waals surface area contributed by atoms with Gasteiger partial charge in [0.2, 0.25) is 5.91 Å². The van der Waals surface area contributed by atoms with Crippen LogP contribution in [0.1, 0.15) is 0 Å². The second kappa shape index (κ2) is 24.5. The topological polar surface area (TPSA) is 320 Å². The van der Waals surface area contributed by atoms with E-state index >= 15 is 0 Å². The Morgan fingerprint density at radius 1 is 0.625 bits per heavy atom. The van der Waals surface area contributed by atoms with Gasteiger partial charge >= 0.3 is 69.4 Å². The van der Waals surface area contributed by atoms with Crippen molar-refractivity contribution >= 4 is 102 Å². The van der Waals surface area contributed by atoms with Gasteiger partial charge in [-0.15, -0.1) is 0 Å². The van der Waals surface area contributed by atoms with E-state index < -0.39 is 33.1 Å². The first-order valence-corrected chi connectivity index (χ1v) is 8.54. The van der Waals surface area contributed by atoms with Crippen LogP contribution in [0.15, 0.2) is 12.7 Å². The average Bonchev–Trinajstić information content (AvgIpc) is 1.93. The van der Waals surface area contributed by atoms with Crippen LogP contribution in [-0.4, -0.2) is 102 Å². The molecule has 0 heterocycles. The Bertz CT molecular complexity index is 220. The fourth-order valence-corrected chi connectivity index (χ4v) is 0. The molecule has 21 heteroatoms. The summed E-state index contributed by atoms with van der Waals surface area (Å²) < 4.78 is 0. The molecular formula is C3H5Al4NO13Si3. The molecule has 0 saturated heterocycles. The van der Waals surface area contributed by atoms with E-state index in [4.69, 9.17) is 57.5 Å². The van der Waals surface area contributed by atoms with Gasteiger partial charge in [0.1, 0.15) is 0 Å². The van der Waals surface area contributed by atoms with Crippen molar-refractivity contribution in [2.75, 3.05) is 0 Å². The van der Waals surface area contributed by atoms with Gasteiger partial charge in [-0.1, -0.05) is 6.58 Å². The number of carbonyl (C=O) groups is 1. The van der Waals surface area contributed by atoms with E-state index in [-0.39, 0.29) is 69.4 Å². The standard InChI is InChI=1S/C3H5NO.4Al.3O4Si/c1-2-3(4)5;;;;;3*1-5(2,3)4/h2H,1H2,(H2,4,5);;;;;;;/q;4*+3;3*-4. The molecule has 0 aliphatic heterocycles. The molecule has 0 aromatic rings. The molecule has 14 nitrogen and oxygen atoms in total. The van der Waals surface area contributed by atoms with Gasteiger partial charge in [0, 0.05) is 0 Å². The third-order valence-electron chi connectivity index (χ3n) is 0.201. The summed E-state index contributed by atoms with van der Waals surface area (Å²) in [6.07, 6.45) is 1.06. The molecule has 0 unspecified atom stereocenters. The largest absolute Gasteiger partial charge is 3.00 e. The Morgan fingerprint density at radius 3 is 0.667 bits per heavy atom. The SMILES string of the molecule is C=CC(N)=O.[Al+3].[Al+3].[Al+3].[Al+3].[O-][Si]([O-])([O-])[O-].[O-][Si]([O-])([O-])[O-].[O-][Si]([O-])([O-])[O-].